The molecule has 0 radical (unpaired) electrons. The van der Waals surface area contributed by atoms with Crippen molar-refractivity contribution in [3.05, 3.63) is 33.8 Å². The molecule has 1 aromatic rings. The Labute approximate surface area is 122 Å². The Hall–Kier alpha value is -0.870. The first-order valence-corrected chi connectivity index (χ1v) is 7.56. The number of hydrogen-bond donors (Lipinski definition) is 1. The molecule has 4 heteroatoms. The fraction of sp³-hybridized carbons (Fsp3) is 0.533. The fourth-order valence-electron chi connectivity index (χ4n) is 2.30. The molecule has 0 aromatic heterocycles. The molecule has 0 aliphatic carbocycles. The van der Waals surface area contributed by atoms with Crippen LogP contribution >= 0.6 is 15.9 Å². The number of aryl methyl sites for hydroxylation is 2. The summed E-state index contributed by atoms with van der Waals surface area (Å²) in [5.74, 6) is 0.145. The number of carbonyl (C=O) groups is 1. The van der Waals surface area contributed by atoms with Gasteiger partial charge in [-0.3, -0.25) is 4.79 Å². The zero-order valence-corrected chi connectivity index (χ0v) is 12.8. The Morgan fingerprint density at radius 1 is 1.42 bits per heavy atom. The van der Waals surface area contributed by atoms with E-state index in [-0.39, 0.29) is 5.91 Å². The van der Waals surface area contributed by atoms with Crippen molar-refractivity contribution in [3.8, 4) is 0 Å². The summed E-state index contributed by atoms with van der Waals surface area (Å²) in [7, 11) is 0. The first kappa shape index (κ1) is 14.5. The molecule has 19 heavy (non-hydrogen) atoms. The monoisotopic (exact) mass is 325 g/mol. The Morgan fingerprint density at radius 2 is 2.16 bits per heavy atom. The normalized spacial score (nSPS) is 16.3. The zero-order valence-electron chi connectivity index (χ0n) is 11.2. The van der Waals surface area contributed by atoms with E-state index in [1.165, 1.54) is 11.1 Å². The molecule has 1 aliphatic heterocycles. The molecular weight excluding hydrogens is 306 g/mol. The molecule has 1 N–H and O–H groups in total. The number of nitrogens with one attached hydrogen (secondary N) is 1. The zero-order chi connectivity index (χ0) is 13.7. The third-order valence-corrected chi connectivity index (χ3v) is 4.01. The van der Waals surface area contributed by atoms with Gasteiger partial charge in [-0.15, -0.1) is 0 Å². The van der Waals surface area contributed by atoms with Crippen LogP contribution in [0.25, 0.3) is 0 Å². The quantitative estimate of drug-likeness (QED) is 0.924. The lowest BCUT2D eigenvalue weighted by Gasteiger charge is -2.23. The number of benzene rings is 1. The first-order valence-electron chi connectivity index (χ1n) is 6.77. The van der Waals surface area contributed by atoms with Crippen molar-refractivity contribution in [2.24, 2.45) is 0 Å². The van der Waals surface area contributed by atoms with Gasteiger partial charge in [0.05, 0.1) is 0 Å². The van der Waals surface area contributed by atoms with Crippen LogP contribution in [-0.4, -0.2) is 25.2 Å². The van der Waals surface area contributed by atoms with Crippen molar-refractivity contribution in [1.29, 1.82) is 0 Å². The van der Waals surface area contributed by atoms with Crippen molar-refractivity contribution in [1.82, 2.24) is 5.32 Å². The van der Waals surface area contributed by atoms with Gasteiger partial charge < -0.3 is 10.1 Å². The van der Waals surface area contributed by atoms with E-state index in [4.69, 9.17) is 4.74 Å². The molecule has 0 saturated carbocycles. The molecule has 1 aromatic carbocycles. The molecule has 104 valence electrons. The van der Waals surface area contributed by atoms with Crippen LogP contribution in [0, 0.1) is 6.92 Å². The number of carbonyl (C=O) groups excluding carboxylic acids is 1. The summed E-state index contributed by atoms with van der Waals surface area (Å²) in [6.45, 7) is 3.60. The van der Waals surface area contributed by atoms with Crippen molar-refractivity contribution < 1.29 is 9.53 Å². The van der Waals surface area contributed by atoms with Crippen molar-refractivity contribution in [2.45, 2.75) is 38.6 Å². The average molecular weight is 326 g/mol. The largest absolute Gasteiger partial charge is 0.381 e. The van der Waals surface area contributed by atoms with Gasteiger partial charge in [-0.05, 0) is 49.4 Å². The summed E-state index contributed by atoms with van der Waals surface area (Å²) < 4.78 is 6.35. The highest BCUT2D eigenvalue weighted by Crippen LogP contribution is 2.17. The Kier molecular flexibility index (Phi) is 5.40. The molecule has 1 fully saturated rings. The lowest BCUT2D eigenvalue weighted by molar-refractivity contribution is -0.122. The van der Waals surface area contributed by atoms with Crippen LogP contribution in [0.1, 0.15) is 30.4 Å². The highest BCUT2D eigenvalue weighted by molar-refractivity contribution is 9.10. The molecule has 2 rings (SSSR count). The lowest BCUT2D eigenvalue weighted by Crippen LogP contribution is -2.38. The lowest BCUT2D eigenvalue weighted by atomic mass is 10.0. The van der Waals surface area contributed by atoms with E-state index >= 15 is 0 Å². The van der Waals surface area contributed by atoms with Crippen molar-refractivity contribution >= 4 is 21.8 Å². The van der Waals surface area contributed by atoms with E-state index in [0.29, 0.717) is 12.5 Å². The molecule has 1 heterocycles. The van der Waals surface area contributed by atoms with Gasteiger partial charge in [-0.2, -0.15) is 0 Å². The van der Waals surface area contributed by atoms with Crippen LogP contribution in [0.3, 0.4) is 0 Å². The fourth-order valence-corrected chi connectivity index (χ4v) is 2.71. The number of rotatable bonds is 4. The van der Waals surface area contributed by atoms with Crippen LogP contribution in [0.15, 0.2) is 22.7 Å². The Bertz CT molecular complexity index is 442. The van der Waals surface area contributed by atoms with Crippen LogP contribution < -0.4 is 5.32 Å². The average Bonchev–Trinajstić information content (AvgIpc) is 2.41. The topological polar surface area (TPSA) is 38.3 Å². The highest BCUT2D eigenvalue weighted by atomic mass is 79.9. The maximum Gasteiger partial charge on any atom is 0.220 e. The number of amides is 1. The Balaban J connectivity index is 1.81. The van der Waals surface area contributed by atoms with Crippen molar-refractivity contribution in [2.75, 3.05) is 13.2 Å². The van der Waals surface area contributed by atoms with E-state index in [1.807, 2.05) is 6.07 Å². The standard InChI is InChI=1S/C15H20BrNO2/c1-11-2-4-13(16)10-12(11)3-5-15(18)17-14-6-8-19-9-7-14/h2,4,10,14H,3,5-9H2,1H3,(H,17,18). The smallest absolute Gasteiger partial charge is 0.220 e. The molecule has 0 unspecified atom stereocenters. The summed E-state index contributed by atoms with van der Waals surface area (Å²) in [5.41, 5.74) is 2.47. The summed E-state index contributed by atoms with van der Waals surface area (Å²) >= 11 is 3.47. The van der Waals surface area contributed by atoms with Gasteiger partial charge in [0.25, 0.3) is 0 Å². The molecule has 1 saturated heterocycles. The van der Waals surface area contributed by atoms with Crippen LogP contribution in [0.5, 0.6) is 0 Å². The summed E-state index contributed by atoms with van der Waals surface area (Å²) in [6, 6.07) is 6.50. The molecule has 0 bridgehead atoms. The predicted molar refractivity (Wildman–Crippen MR) is 79.2 cm³/mol. The van der Waals surface area contributed by atoms with Crippen molar-refractivity contribution in [3.63, 3.8) is 0 Å². The van der Waals surface area contributed by atoms with Crippen LogP contribution in [0.4, 0.5) is 0 Å². The van der Waals surface area contributed by atoms with Gasteiger partial charge >= 0.3 is 0 Å². The van der Waals surface area contributed by atoms with E-state index in [9.17, 15) is 4.79 Å². The van der Waals surface area contributed by atoms with Gasteiger partial charge in [0.15, 0.2) is 0 Å². The highest BCUT2D eigenvalue weighted by Gasteiger charge is 2.15. The van der Waals surface area contributed by atoms with Gasteiger partial charge in [0.2, 0.25) is 5.91 Å². The minimum Gasteiger partial charge on any atom is -0.381 e. The second kappa shape index (κ2) is 7.06. The molecule has 1 aliphatic rings. The predicted octanol–water partition coefficient (Wildman–Crippen LogP) is 2.99. The Morgan fingerprint density at radius 3 is 2.89 bits per heavy atom. The second-order valence-corrected chi connectivity index (χ2v) is 5.94. The van der Waals surface area contributed by atoms with Gasteiger partial charge in [0, 0.05) is 30.1 Å². The maximum atomic E-state index is 11.9. The molecule has 3 nitrogen and oxygen atoms in total. The number of ether oxygens (including phenoxy) is 1. The van der Waals surface area contributed by atoms with E-state index in [2.05, 4.69) is 40.3 Å². The summed E-state index contributed by atoms with van der Waals surface area (Å²) in [4.78, 5) is 11.9. The maximum absolute atomic E-state index is 11.9. The summed E-state index contributed by atoms with van der Waals surface area (Å²) in [6.07, 6.45) is 3.21. The molecule has 0 spiro atoms. The third kappa shape index (κ3) is 4.62. The second-order valence-electron chi connectivity index (χ2n) is 5.02. The molecule has 1 amide bonds. The van der Waals surface area contributed by atoms with E-state index in [1.54, 1.807) is 0 Å². The van der Waals surface area contributed by atoms with Gasteiger partial charge in [-0.1, -0.05) is 22.0 Å². The van der Waals surface area contributed by atoms with E-state index < -0.39 is 0 Å². The number of hydrogen-bond acceptors (Lipinski definition) is 2. The summed E-state index contributed by atoms with van der Waals surface area (Å²) in [5, 5.41) is 3.09. The minimum atomic E-state index is 0.145. The van der Waals surface area contributed by atoms with Crippen LogP contribution in [0.2, 0.25) is 0 Å². The molecular formula is C15H20BrNO2. The van der Waals surface area contributed by atoms with Crippen LogP contribution in [-0.2, 0) is 16.0 Å². The third-order valence-electron chi connectivity index (χ3n) is 3.52. The van der Waals surface area contributed by atoms with Gasteiger partial charge in [-0.25, -0.2) is 0 Å². The number of halogens is 1. The molecule has 0 atom stereocenters. The van der Waals surface area contributed by atoms with Gasteiger partial charge in [0.1, 0.15) is 0 Å². The van der Waals surface area contributed by atoms with E-state index in [0.717, 1.165) is 36.9 Å². The SMILES string of the molecule is Cc1ccc(Br)cc1CCC(=O)NC1CCOCC1. The first-order chi connectivity index (χ1) is 9.15. The minimum absolute atomic E-state index is 0.145.